The highest BCUT2D eigenvalue weighted by atomic mass is 19.1. The van der Waals surface area contributed by atoms with Crippen LogP contribution in [-0.2, 0) is 5.67 Å². The minimum absolute atomic E-state index is 0.0471. The highest BCUT2D eigenvalue weighted by molar-refractivity contribution is 5.47. The van der Waals surface area contributed by atoms with Crippen LogP contribution in [0, 0.1) is 13.8 Å². The molecule has 100 valence electrons. The van der Waals surface area contributed by atoms with Gasteiger partial charge in [-0.3, -0.25) is 0 Å². The Morgan fingerprint density at radius 2 is 2.11 bits per heavy atom. The highest BCUT2D eigenvalue weighted by Crippen LogP contribution is 2.45. The number of hydrogen-bond acceptors (Lipinski definition) is 2. The van der Waals surface area contributed by atoms with Gasteiger partial charge in [-0.25, -0.2) is 4.39 Å². The maximum atomic E-state index is 15.2. The van der Waals surface area contributed by atoms with Gasteiger partial charge < -0.3 is 10.5 Å². The number of alkyl halides is 1. The zero-order valence-corrected chi connectivity index (χ0v) is 11.4. The Bertz CT molecular complexity index is 446. The van der Waals surface area contributed by atoms with E-state index in [1.54, 1.807) is 7.11 Å². The first kappa shape index (κ1) is 13.3. The van der Waals surface area contributed by atoms with Crippen LogP contribution in [0.5, 0.6) is 5.75 Å². The molecule has 2 unspecified atom stereocenters. The van der Waals surface area contributed by atoms with Crippen molar-refractivity contribution >= 4 is 0 Å². The molecular weight excluding hydrogens is 229 g/mol. The van der Waals surface area contributed by atoms with E-state index in [0.717, 1.165) is 24.0 Å². The number of halogens is 1. The second-order valence-electron chi connectivity index (χ2n) is 5.48. The van der Waals surface area contributed by atoms with Crippen LogP contribution < -0.4 is 10.5 Å². The van der Waals surface area contributed by atoms with Gasteiger partial charge in [-0.15, -0.1) is 0 Å². The lowest BCUT2D eigenvalue weighted by Gasteiger charge is -2.35. The molecule has 0 heterocycles. The normalized spacial score (nSPS) is 28.2. The summed E-state index contributed by atoms with van der Waals surface area (Å²) in [5.41, 5.74) is 7.36. The van der Waals surface area contributed by atoms with E-state index < -0.39 is 5.67 Å². The van der Waals surface area contributed by atoms with Crippen LogP contribution in [0.15, 0.2) is 12.1 Å². The zero-order valence-electron chi connectivity index (χ0n) is 11.4. The molecule has 2 nitrogen and oxygen atoms in total. The van der Waals surface area contributed by atoms with Gasteiger partial charge in [0, 0.05) is 18.0 Å². The maximum absolute atomic E-state index is 15.2. The summed E-state index contributed by atoms with van der Waals surface area (Å²) in [4.78, 5) is 0. The van der Waals surface area contributed by atoms with Gasteiger partial charge in [0.25, 0.3) is 0 Å². The molecule has 1 saturated carbocycles. The van der Waals surface area contributed by atoms with Crippen LogP contribution in [0.2, 0.25) is 0 Å². The molecule has 1 aliphatic carbocycles. The van der Waals surface area contributed by atoms with Crippen molar-refractivity contribution in [3.05, 3.63) is 28.8 Å². The van der Waals surface area contributed by atoms with Crippen molar-refractivity contribution in [1.82, 2.24) is 0 Å². The molecule has 0 bridgehead atoms. The van der Waals surface area contributed by atoms with Crippen molar-refractivity contribution in [3.8, 4) is 5.75 Å². The van der Waals surface area contributed by atoms with Crippen LogP contribution in [0.4, 0.5) is 4.39 Å². The van der Waals surface area contributed by atoms with Gasteiger partial charge in [0.15, 0.2) is 0 Å². The minimum atomic E-state index is -1.33. The van der Waals surface area contributed by atoms with Gasteiger partial charge in [0.1, 0.15) is 11.4 Å². The number of hydrogen-bond donors (Lipinski definition) is 1. The molecule has 2 N–H and O–H groups in total. The van der Waals surface area contributed by atoms with Crippen molar-refractivity contribution in [2.75, 3.05) is 7.11 Å². The lowest BCUT2D eigenvalue weighted by atomic mass is 9.77. The minimum Gasteiger partial charge on any atom is -0.496 e. The Balaban J connectivity index is 2.49. The SMILES string of the molecule is COc1cc(C)cc(C)c1C1(F)CCCC(N)C1. The van der Waals surface area contributed by atoms with E-state index in [4.69, 9.17) is 10.5 Å². The van der Waals surface area contributed by atoms with Crippen molar-refractivity contribution in [2.45, 2.75) is 51.2 Å². The van der Waals surface area contributed by atoms with Gasteiger partial charge in [-0.05, 0) is 50.3 Å². The van der Waals surface area contributed by atoms with Gasteiger partial charge in [0.05, 0.1) is 7.11 Å². The van der Waals surface area contributed by atoms with Crippen molar-refractivity contribution in [2.24, 2.45) is 5.73 Å². The molecule has 0 aliphatic heterocycles. The Morgan fingerprint density at radius 3 is 2.72 bits per heavy atom. The lowest BCUT2D eigenvalue weighted by molar-refractivity contribution is 0.0908. The van der Waals surface area contributed by atoms with Crippen LogP contribution >= 0.6 is 0 Å². The van der Waals surface area contributed by atoms with E-state index in [1.165, 1.54) is 0 Å². The Morgan fingerprint density at radius 1 is 1.39 bits per heavy atom. The lowest BCUT2D eigenvalue weighted by Crippen LogP contribution is -2.36. The first-order chi connectivity index (χ1) is 8.46. The van der Waals surface area contributed by atoms with E-state index in [0.29, 0.717) is 24.2 Å². The monoisotopic (exact) mass is 251 g/mol. The van der Waals surface area contributed by atoms with Gasteiger partial charge in [-0.1, -0.05) is 6.07 Å². The first-order valence-electron chi connectivity index (χ1n) is 6.56. The van der Waals surface area contributed by atoms with E-state index >= 15 is 4.39 Å². The summed E-state index contributed by atoms with van der Waals surface area (Å²) in [5, 5.41) is 0. The van der Waals surface area contributed by atoms with E-state index in [9.17, 15) is 0 Å². The summed E-state index contributed by atoms with van der Waals surface area (Å²) in [5.74, 6) is 0.657. The Kier molecular flexibility index (Phi) is 3.62. The molecule has 0 saturated heterocycles. The smallest absolute Gasteiger partial charge is 0.141 e. The largest absolute Gasteiger partial charge is 0.496 e. The molecule has 2 rings (SSSR count). The fraction of sp³-hybridized carbons (Fsp3) is 0.600. The number of benzene rings is 1. The average molecular weight is 251 g/mol. The summed E-state index contributed by atoms with van der Waals surface area (Å²) in [7, 11) is 1.60. The van der Waals surface area contributed by atoms with Crippen LogP contribution in [0.1, 0.15) is 42.4 Å². The third-order valence-corrected chi connectivity index (χ3v) is 3.85. The van der Waals surface area contributed by atoms with Gasteiger partial charge in [-0.2, -0.15) is 0 Å². The van der Waals surface area contributed by atoms with Crippen LogP contribution in [0.25, 0.3) is 0 Å². The predicted octanol–water partition coefficient (Wildman–Crippen LogP) is 3.38. The molecular formula is C15H22FNO. The summed E-state index contributed by atoms with van der Waals surface area (Å²) in [6.45, 7) is 3.95. The quantitative estimate of drug-likeness (QED) is 0.874. The summed E-state index contributed by atoms with van der Waals surface area (Å²) in [6, 6.07) is 3.87. The molecule has 0 spiro atoms. The molecule has 1 aliphatic rings. The summed E-state index contributed by atoms with van der Waals surface area (Å²) in [6.07, 6.45) is 2.70. The number of nitrogens with two attached hydrogens (primary N) is 1. The molecule has 1 aromatic rings. The molecule has 1 fully saturated rings. The second-order valence-corrected chi connectivity index (χ2v) is 5.48. The zero-order chi connectivity index (χ0) is 13.3. The summed E-state index contributed by atoms with van der Waals surface area (Å²) >= 11 is 0. The molecule has 18 heavy (non-hydrogen) atoms. The molecule has 3 heteroatoms. The summed E-state index contributed by atoms with van der Waals surface area (Å²) < 4.78 is 20.6. The van der Waals surface area contributed by atoms with Crippen molar-refractivity contribution in [3.63, 3.8) is 0 Å². The molecule has 0 aromatic heterocycles. The molecule has 0 radical (unpaired) electrons. The first-order valence-corrected chi connectivity index (χ1v) is 6.56. The van der Waals surface area contributed by atoms with Crippen LogP contribution in [-0.4, -0.2) is 13.2 Å². The maximum Gasteiger partial charge on any atom is 0.141 e. The highest BCUT2D eigenvalue weighted by Gasteiger charge is 2.40. The predicted molar refractivity (Wildman–Crippen MR) is 71.7 cm³/mol. The Hall–Kier alpha value is -1.09. The van der Waals surface area contributed by atoms with E-state index in [1.807, 2.05) is 26.0 Å². The third kappa shape index (κ3) is 2.37. The number of ether oxygens (including phenoxy) is 1. The standard InChI is InChI=1S/C15H22FNO/c1-10-7-11(2)14(13(8-10)18-3)15(16)6-4-5-12(17)9-15/h7-8,12H,4-6,9,17H2,1-3H3. The molecule has 1 aromatic carbocycles. The van der Waals surface area contributed by atoms with Gasteiger partial charge in [0.2, 0.25) is 0 Å². The van der Waals surface area contributed by atoms with Gasteiger partial charge >= 0.3 is 0 Å². The second kappa shape index (κ2) is 4.88. The average Bonchev–Trinajstić information content (AvgIpc) is 2.26. The van der Waals surface area contributed by atoms with Crippen LogP contribution in [0.3, 0.4) is 0 Å². The van der Waals surface area contributed by atoms with E-state index in [2.05, 4.69) is 0 Å². The third-order valence-electron chi connectivity index (χ3n) is 3.85. The molecule has 2 atom stereocenters. The van der Waals surface area contributed by atoms with Crippen molar-refractivity contribution < 1.29 is 9.13 Å². The van der Waals surface area contributed by atoms with E-state index in [-0.39, 0.29) is 6.04 Å². The topological polar surface area (TPSA) is 35.2 Å². The number of aryl methyl sites for hydroxylation is 2. The van der Waals surface area contributed by atoms with Crippen molar-refractivity contribution in [1.29, 1.82) is 0 Å². The number of methoxy groups -OCH3 is 1. The number of rotatable bonds is 2. The fourth-order valence-corrected chi connectivity index (χ4v) is 3.15. The Labute approximate surface area is 108 Å². The molecule has 0 amide bonds. The fourth-order valence-electron chi connectivity index (χ4n) is 3.15.